The summed E-state index contributed by atoms with van der Waals surface area (Å²) in [4.78, 5) is 13.0. The van der Waals surface area contributed by atoms with Gasteiger partial charge in [-0.05, 0) is 44.9 Å². The molecule has 1 aromatic carbocycles. The highest BCUT2D eigenvalue weighted by Gasteiger charge is 2.40. The van der Waals surface area contributed by atoms with Crippen molar-refractivity contribution in [3.05, 3.63) is 29.5 Å². The second-order valence-electron chi connectivity index (χ2n) is 6.75. The molecule has 0 saturated carbocycles. The normalized spacial score (nSPS) is 22.5. The number of rotatable bonds is 2. The summed E-state index contributed by atoms with van der Waals surface area (Å²) in [6.07, 6.45) is 1.49. The van der Waals surface area contributed by atoms with Gasteiger partial charge in [-0.3, -0.25) is 4.79 Å². The molecule has 0 fully saturated rings. The van der Waals surface area contributed by atoms with Crippen molar-refractivity contribution < 1.29 is 19.1 Å². The molecule has 1 aromatic heterocycles. The van der Waals surface area contributed by atoms with Gasteiger partial charge in [-0.1, -0.05) is 6.92 Å². The topological polar surface area (TPSA) is 59.7 Å². The second kappa shape index (κ2) is 5.13. The molecule has 1 aliphatic rings. The van der Waals surface area contributed by atoms with Crippen LogP contribution in [0, 0.1) is 5.92 Å². The fourth-order valence-corrected chi connectivity index (χ4v) is 3.35. The van der Waals surface area contributed by atoms with Gasteiger partial charge in [0.2, 0.25) is 0 Å². The molecule has 0 saturated heterocycles. The molecule has 0 radical (unpaired) electrons. The Balaban J connectivity index is 2.24. The Labute approximate surface area is 130 Å². The average Bonchev–Trinajstić information content (AvgIpc) is 2.78. The van der Waals surface area contributed by atoms with E-state index in [4.69, 9.17) is 9.15 Å². The Hall–Kier alpha value is -1.81. The molecule has 22 heavy (non-hydrogen) atoms. The molecule has 0 bridgehead atoms. The maximum Gasteiger partial charge on any atom is 0.172 e. The van der Waals surface area contributed by atoms with E-state index in [9.17, 15) is 9.90 Å². The molecule has 0 aliphatic heterocycles. The zero-order valence-electron chi connectivity index (χ0n) is 13.5. The number of carbonyl (C=O) groups is 1. The first-order valence-corrected chi connectivity index (χ1v) is 7.70. The summed E-state index contributed by atoms with van der Waals surface area (Å²) in [7, 11) is 1.60. The Kier molecular flexibility index (Phi) is 3.52. The zero-order valence-corrected chi connectivity index (χ0v) is 13.5. The molecule has 1 heterocycles. The van der Waals surface area contributed by atoms with Gasteiger partial charge in [0.15, 0.2) is 5.78 Å². The molecule has 1 N–H and O–H groups in total. The predicted octanol–water partition coefficient (Wildman–Crippen LogP) is 3.91. The van der Waals surface area contributed by atoms with Crippen molar-refractivity contribution >= 4 is 16.8 Å². The van der Waals surface area contributed by atoms with Crippen LogP contribution in [-0.2, 0) is 0 Å². The maximum absolute atomic E-state index is 13.0. The molecular formula is C18H22O4. The first-order chi connectivity index (χ1) is 10.3. The quantitative estimate of drug-likeness (QED) is 0.854. The molecule has 0 amide bonds. The third kappa shape index (κ3) is 2.31. The Morgan fingerprint density at radius 1 is 1.32 bits per heavy atom. The molecule has 0 spiro atoms. The Morgan fingerprint density at radius 2 is 2.05 bits per heavy atom. The number of aliphatic hydroxyl groups is 1. The van der Waals surface area contributed by atoms with Crippen molar-refractivity contribution in [2.75, 3.05) is 7.11 Å². The number of fused-ring (bicyclic) bond motifs is 3. The van der Waals surface area contributed by atoms with E-state index in [2.05, 4.69) is 6.92 Å². The number of ether oxygens (including phenoxy) is 1. The van der Waals surface area contributed by atoms with Gasteiger partial charge < -0.3 is 14.3 Å². The molecule has 1 unspecified atom stereocenters. The molecular weight excluding hydrogens is 280 g/mol. The molecule has 118 valence electrons. The number of hydrogen-bond donors (Lipinski definition) is 1. The third-order valence-corrected chi connectivity index (χ3v) is 4.67. The van der Waals surface area contributed by atoms with Crippen LogP contribution >= 0.6 is 0 Å². The highest BCUT2D eigenvalue weighted by molar-refractivity contribution is 6.10. The molecule has 2 atom stereocenters. The van der Waals surface area contributed by atoms with Crippen molar-refractivity contribution in [1.82, 2.24) is 0 Å². The number of furan rings is 1. The van der Waals surface area contributed by atoms with E-state index in [1.165, 1.54) is 0 Å². The Bertz CT molecular complexity index is 720. The van der Waals surface area contributed by atoms with Crippen LogP contribution in [0.1, 0.15) is 55.6 Å². The largest absolute Gasteiger partial charge is 0.497 e. The fraction of sp³-hybridized carbons (Fsp3) is 0.500. The standard InChI is InChI=1S/C18H22O4/c1-10-5-7-13(18(2,3)20)16(19)15-12-9-11(21-4)6-8-14(12)22-17(10)15/h6,8-10,13,20H,5,7H2,1-4H3/t10-,13?/m1/s1. The van der Waals surface area contributed by atoms with E-state index in [0.717, 1.165) is 17.6 Å². The van der Waals surface area contributed by atoms with E-state index < -0.39 is 11.5 Å². The van der Waals surface area contributed by atoms with E-state index in [0.29, 0.717) is 23.3 Å². The first-order valence-electron chi connectivity index (χ1n) is 7.70. The van der Waals surface area contributed by atoms with Crippen molar-refractivity contribution in [3.63, 3.8) is 0 Å². The summed E-state index contributed by atoms with van der Waals surface area (Å²) in [6, 6.07) is 5.50. The minimum absolute atomic E-state index is 0.0288. The highest BCUT2D eigenvalue weighted by atomic mass is 16.5. The van der Waals surface area contributed by atoms with Crippen LogP contribution in [0.5, 0.6) is 5.75 Å². The van der Waals surface area contributed by atoms with Crippen LogP contribution in [0.2, 0.25) is 0 Å². The van der Waals surface area contributed by atoms with Gasteiger partial charge >= 0.3 is 0 Å². The fourth-order valence-electron chi connectivity index (χ4n) is 3.35. The lowest BCUT2D eigenvalue weighted by atomic mass is 9.82. The van der Waals surface area contributed by atoms with Crippen LogP contribution in [0.4, 0.5) is 0 Å². The smallest absolute Gasteiger partial charge is 0.172 e. The van der Waals surface area contributed by atoms with Crippen LogP contribution in [0.3, 0.4) is 0 Å². The average molecular weight is 302 g/mol. The monoisotopic (exact) mass is 302 g/mol. The first kappa shape index (κ1) is 15.1. The number of benzene rings is 1. The molecule has 2 aromatic rings. The number of hydrogen-bond acceptors (Lipinski definition) is 4. The SMILES string of the molecule is COc1ccc2oc3c(c2c1)C(=O)C(C(C)(C)O)CC[C@H]3C. The minimum atomic E-state index is -1.04. The van der Waals surface area contributed by atoms with Gasteiger partial charge in [0.05, 0.1) is 24.2 Å². The van der Waals surface area contributed by atoms with Gasteiger partial charge in [-0.15, -0.1) is 0 Å². The second-order valence-corrected chi connectivity index (χ2v) is 6.75. The van der Waals surface area contributed by atoms with E-state index in [-0.39, 0.29) is 11.7 Å². The number of ketones is 1. The summed E-state index contributed by atoms with van der Waals surface area (Å²) in [5, 5.41) is 11.2. The maximum atomic E-state index is 13.0. The van der Waals surface area contributed by atoms with Gasteiger partial charge in [-0.2, -0.15) is 0 Å². The van der Waals surface area contributed by atoms with Gasteiger partial charge in [-0.25, -0.2) is 0 Å². The summed E-state index contributed by atoms with van der Waals surface area (Å²) < 4.78 is 11.2. The molecule has 1 aliphatic carbocycles. The summed E-state index contributed by atoms with van der Waals surface area (Å²) in [5.74, 6) is 1.15. The lowest BCUT2D eigenvalue weighted by Gasteiger charge is -2.27. The van der Waals surface area contributed by atoms with Crippen LogP contribution in [-0.4, -0.2) is 23.6 Å². The minimum Gasteiger partial charge on any atom is -0.497 e. The summed E-state index contributed by atoms with van der Waals surface area (Å²) >= 11 is 0. The number of Topliss-reactive ketones (excluding diaryl/α,β-unsaturated/α-hetero) is 1. The third-order valence-electron chi connectivity index (χ3n) is 4.67. The lowest BCUT2D eigenvalue weighted by Crippen LogP contribution is -2.36. The van der Waals surface area contributed by atoms with Crippen molar-refractivity contribution in [3.8, 4) is 5.75 Å². The predicted molar refractivity (Wildman–Crippen MR) is 84.5 cm³/mol. The van der Waals surface area contributed by atoms with E-state index >= 15 is 0 Å². The van der Waals surface area contributed by atoms with Crippen molar-refractivity contribution in [1.29, 1.82) is 0 Å². The van der Waals surface area contributed by atoms with Crippen molar-refractivity contribution in [2.45, 2.75) is 45.1 Å². The number of methoxy groups -OCH3 is 1. The number of carbonyl (C=O) groups excluding carboxylic acids is 1. The van der Waals surface area contributed by atoms with Gasteiger partial charge in [0.1, 0.15) is 17.1 Å². The summed E-state index contributed by atoms with van der Waals surface area (Å²) in [6.45, 7) is 5.47. The lowest BCUT2D eigenvalue weighted by molar-refractivity contribution is 0.0163. The van der Waals surface area contributed by atoms with Crippen LogP contribution in [0.15, 0.2) is 22.6 Å². The molecule has 4 nitrogen and oxygen atoms in total. The van der Waals surface area contributed by atoms with Crippen LogP contribution in [0.25, 0.3) is 11.0 Å². The molecule has 4 heteroatoms. The van der Waals surface area contributed by atoms with Crippen molar-refractivity contribution in [2.24, 2.45) is 5.92 Å². The van der Waals surface area contributed by atoms with Gasteiger partial charge in [0, 0.05) is 11.3 Å². The zero-order chi connectivity index (χ0) is 16.1. The summed E-state index contributed by atoms with van der Waals surface area (Å²) in [5.41, 5.74) is 0.273. The van der Waals surface area contributed by atoms with E-state index in [1.54, 1.807) is 21.0 Å². The Morgan fingerprint density at radius 3 is 2.68 bits per heavy atom. The van der Waals surface area contributed by atoms with E-state index in [1.807, 2.05) is 18.2 Å². The van der Waals surface area contributed by atoms with Crippen LogP contribution < -0.4 is 4.74 Å². The highest BCUT2D eigenvalue weighted by Crippen LogP contribution is 2.42. The molecule has 3 rings (SSSR count). The van der Waals surface area contributed by atoms with Gasteiger partial charge in [0.25, 0.3) is 0 Å².